The third-order valence-electron chi connectivity index (χ3n) is 5.85. The normalized spacial score (nSPS) is 21.5. The number of allylic oxidation sites excluding steroid dienone is 4. The predicted octanol–water partition coefficient (Wildman–Crippen LogP) is 4.63. The summed E-state index contributed by atoms with van der Waals surface area (Å²) < 4.78 is 0. The van der Waals surface area contributed by atoms with Gasteiger partial charge in [-0.25, -0.2) is 4.99 Å². The number of aliphatic imine (C=N–C) groups is 2. The quantitative estimate of drug-likeness (QED) is 0.485. The SMILES string of the molecule is CCN=C1C=CC2=Nc3ccc(NCC)cc3[Si](CCCC(=O)O)(C(C)C)C2=C1. The van der Waals surface area contributed by atoms with Gasteiger partial charge in [0.15, 0.2) is 0 Å². The van der Waals surface area contributed by atoms with Crippen LogP contribution in [-0.4, -0.2) is 43.7 Å². The number of rotatable bonds is 8. The molecule has 2 N–H and O–H groups in total. The smallest absolute Gasteiger partial charge is 0.303 e. The molecular formula is C23H31N3O2Si. The number of aliphatic carboxylic acids is 1. The van der Waals surface area contributed by atoms with Gasteiger partial charge in [0.1, 0.15) is 8.07 Å². The molecule has 1 aliphatic heterocycles. The highest BCUT2D eigenvalue weighted by Gasteiger charge is 2.47. The maximum absolute atomic E-state index is 11.3. The lowest BCUT2D eigenvalue weighted by Crippen LogP contribution is -2.56. The summed E-state index contributed by atoms with van der Waals surface area (Å²) in [6, 6.07) is 7.37. The number of anilines is 1. The number of fused-ring (bicyclic) bond motifs is 2. The van der Waals surface area contributed by atoms with Crippen molar-refractivity contribution in [2.75, 3.05) is 18.4 Å². The van der Waals surface area contributed by atoms with E-state index in [2.05, 4.69) is 61.4 Å². The standard InChI is InChI=1S/C23H31N3O2Si/c1-5-24-17-9-11-19-21(14-17)29(16(3)4,13-7-8-23(27)28)22-15-18(25-6-2)10-12-20(22)26-19/h9-12,14-16,24H,5-8,13H2,1-4H3,(H,27,28). The predicted molar refractivity (Wildman–Crippen MR) is 125 cm³/mol. The Morgan fingerprint density at radius 1 is 1.28 bits per heavy atom. The second kappa shape index (κ2) is 8.90. The van der Waals surface area contributed by atoms with Crippen LogP contribution in [0, 0.1) is 0 Å². The van der Waals surface area contributed by atoms with Crippen LogP contribution < -0.4 is 10.5 Å². The van der Waals surface area contributed by atoms with Crippen molar-refractivity contribution in [3.63, 3.8) is 0 Å². The highest BCUT2D eigenvalue weighted by atomic mass is 28.3. The van der Waals surface area contributed by atoms with Crippen LogP contribution in [0.1, 0.15) is 40.5 Å². The zero-order valence-corrected chi connectivity index (χ0v) is 18.8. The molecule has 0 bridgehead atoms. The molecule has 0 aromatic heterocycles. The van der Waals surface area contributed by atoms with Crippen molar-refractivity contribution >= 4 is 42.0 Å². The van der Waals surface area contributed by atoms with Gasteiger partial charge in [-0.3, -0.25) is 9.79 Å². The monoisotopic (exact) mass is 409 g/mol. The first-order valence-corrected chi connectivity index (χ1v) is 12.8. The van der Waals surface area contributed by atoms with Gasteiger partial charge in [-0.2, -0.15) is 0 Å². The third-order valence-corrected chi connectivity index (χ3v) is 11.7. The molecule has 29 heavy (non-hydrogen) atoms. The van der Waals surface area contributed by atoms with Crippen LogP contribution in [0.2, 0.25) is 11.6 Å². The number of carbonyl (C=O) groups is 1. The average molecular weight is 410 g/mol. The molecule has 1 unspecified atom stereocenters. The van der Waals surface area contributed by atoms with E-state index in [1.54, 1.807) is 0 Å². The number of hydrogen-bond acceptors (Lipinski definition) is 4. The largest absolute Gasteiger partial charge is 0.481 e. The molecule has 0 amide bonds. The Balaban J connectivity index is 2.21. The summed E-state index contributed by atoms with van der Waals surface area (Å²) in [6.45, 7) is 10.3. The Labute approximate surface area is 174 Å². The fourth-order valence-corrected chi connectivity index (χ4v) is 9.93. The van der Waals surface area contributed by atoms with Gasteiger partial charge in [0.2, 0.25) is 0 Å². The summed E-state index contributed by atoms with van der Waals surface area (Å²) in [5.74, 6) is -0.727. The molecule has 1 heterocycles. The molecule has 6 heteroatoms. The first kappa shape index (κ1) is 21.2. The second-order valence-corrected chi connectivity index (χ2v) is 12.6. The lowest BCUT2D eigenvalue weighted by Gasteiger charge is -2.43. The molecule has 5 nitrogen and oxygen atoms in total. The van der Waals surface area contributed by atoms with E-state index in [0.29, 0.717) is 12.0 Å². The van der Waals surface area contributed by atoms with E-state index in [4.69, 9.17) is 4.99 Å². The number of carboxylic acids is 1. The Kier molecular flexibility index (Phi) is 6.52. The highest BCUT2D eigenvalue weighted by Crippen LogP contribution is 2.41. The van der Waals surface area contributed by atoms with Crippen molar-refractivity contribution in [2.45, 2.75) is 52.1 Å². The molecule has 3 rings (SSSR count). The van der Waals surface area contributed by atoms with Crippen molar-refractivity contribution in [3.8, 4) is 0 Å². The van der Waals surface area contributed by atoms with Crippen molar-refractivity contribution in [3.05, 3.63) is 41.6 Å². The van der Waals surface area contributed by atoms with Crippen LogP contribution in [0.15, 0.2) is 51.6 Å². The van der Waals surface area contributed by atoms with Crippen molar-refractivity contribution < 1.29 is 9.90 Å². The third kappa shape index (κ3) is 4.12. The van der Waals surface area contributed by atoms with Crippen molar-refractivity contribution in [2.24, 2.45) is 9.98 Å². The van der Waals surface area contributed by atoms with E-state index in [1.165, 1.54) is 10.4 Å². The Morgan fingerprint density at radius 3 is 2.72 bits per heavy atom. The zero-order chi connectivity index (χ0) is 21.0. The lowest BCUT2D eigenvalue weighted by molar-refractivity contribution is -0.137. The van der Waals surface area contributed by atoms with E-state index < -0.39 is 14.0 Å². The zero-order valence-electron chi connectivity index (χ0n) is 17.8. The summed E-state index contributed by atoms with van der Waals surface area (Å²) >= 11 is 0. The first-order chi connectivity index (χ1) is 13.9. The Bertz CT molecular complexity index is 915. The van der Waals surface area contributed by atoms with Gasteiger partial charge in [-0.1, -0.05) is 13.8 Å². The first-order valence-electron chi connectivity index (χ1n) is 10.6. The molecule has 0 saturated carbocycles. The average Bonchev–Trinajstić information content (AvgIpc) is 2.68. The second-order valence-electron chi connectivity index (χ2n) is 7.92. The van der Waals surface area contributed by atoms with Gasteiger partial charge in [0.05, 0.1) is 17.1 Å². The molecule has 1 atom stereocenters. The lowest BCUT2D eigenvalue weighted by atomic mass is 10.1. The molecule has 1 aliphatic carbocycles. The van der Waals surface area contributed by atoms with Crippen LogP contribution in [0.5, 0.6) is 0 Å². The van der Waals surface area contributed by atoms with Gasteiger partial charge < -0.3 is 10.4 Å². The molecule has 2 aliphatic rings. The van der Waals surface area contributed by atoms with E-state index in [9.17, 15) is 9.90 Å². The Hall–Kier alpha value is -2.47. The topological polar surface area (TPSA) is 74.0 Å². The molecule has 154 valence electrons. The van der Waals surface area contributed by atoms with Gasteiger partial charge in [0.25, 0.3) is 0 Å². The maximum Gasteiger partial charge on any atom is 0.303 e. The summed E-state index contributed by atoms with van der Waals surface area (Å²) in [5.41, 5.74) is 4.58. The van der Waals surface area contributed by atoms with Crippen LogP contribution in [-0.2, 0) is 4.79 Å². The number of benzene rings is 1. The van der Waals surface area contributed by atoms with Crippen LogP contribution >= 0.6 is 0 Å². The van der Waals surface area contributed by atoms with Crippen molar-refractivity contribution in [1.29, 1.82) is 0 Å². The van der Waals surface area contributed by atoms with E-state index >= 15 is 0 Å². The highest BCUT2D eigenvalue weighted by molar-refractivity contribution is 7.03. The van der Waals surface area contributed by atoms with E-state index in [-0.39, 0.29) is 6.42 Å². The molecule has 1 aromatic rings. The summed E-state index contributed by atoms with van der Waals surface area (Å²) in [5, 5.41) is 15.3. The number of nitrogens with one attached hydrogen (secondary N) is 1. The van der Waals surface area contributed by atoms with Crippen LogP contribution in [0.3, 0.4) is 0 Å². The molecule has 0 fully saturated rings. The molecule has 0 spiro atoms. The maximum atomic E-state index is 11.3. The fourth-order valence-electron chi connectivity index (χ4n) is 4.54. The minimum Gasteiger partial charge on any atom is -0.481 e. The van der Waals surface area contributed by atoms with Gasteiger partial charge >= 0.3 is 5.97 Å². The summed E-state index contributed by atoms with van der Waals surface area (Å²) in [6.07, 6.45) is 7.24. The van der Waals surface area contributed by atoms with Crippen molar-refractivity contribution in [1.82, 2.24) is 0 Å². The summed E-state index contributed by atoms with van der Waals surface area (Å²) in [4.78, 5) is 20.9. The molecule has 0 radical (unpaired) electrons. The van der Waals surface area contributed by atoms with E-state index in [0.717, 1.165) is 41.9 Å². The van der Waals surface area contributed by atoms with Gasteiger partial charge in [0, 0.05) is 25.2 Å². The van der Waals surface area contributed by atoms with Gasteiger partial charge in [-0.15, -0.1) is 0 Å². The minimum atomic E-state index is -2.25. The number of nitrogens with zero attached hydrogens (tertiary/aromatic N) is 2. The molecule has 0 saturated heterocycles. The number of carboxylic acid groups (broad SMARTS) is 1. The van der Waals surface area contributed by atoms with Crippen LogP contribution in [0.4, 0.5) is 11.4 Å². The van der Waals surface area contributed by atoms with E-state index in [1.807, 2.05) is 13.0 Å². The van der Waals surface area contributed by atoms with Crippen LogP contribution in [0.25, 0.3) is 0 Å². The summed E-state index contributed by atoms with van der Waals surface area (Å²) in [7, 11) is -2.25. The van der Waals surface area contributed by atoms with Gasteiger partial charge in [-0.05, 0) is 78.7 Å². The molecule has 1 aromatic carbocycles. The number of hydrogen-bond donors (Lipinski definition) is 2. The Morgan fingerprint density at radius 2 is 2.07 bits per heavy atom. The minimum absolute atomic E-state index is 0.204. The fraction of sp³-hybridized carbons (Fsp3) is 0.435. The molecular weight excluding hydrogens is 378 g/mol.